The Morgan fingerprint density at radius 2 is 1.97 bits per heavy atom. The number of nitrogens with zero attached hydrogens (tertiary/aromatic N) is 4. The van der Waals surface area contributed by atoms with E-state index >= 15 is 0 Å². The molecule has 192 valence electrons. The van der Waals surface area contributed by atoms with E-state index in [2.05, 4.69) is 17.1 Å². The lowest BCUT2D eigenvalue weighted by Gasteiger charge is -2.16. The predicted octanol–water partition coefficient (Wildman–Crippen LogP) is 4.85. The number of aryl methyl sites for hydroxylation is 1. The summed E-state index contributed by atoms with van der Waals surface area (Å²) in [7, 11) is 1.99. The Bertz CT molecular complexity index is 1190. The van der Waals surface area contributed by atoms with Crippen LogP contribution in [-0.4, -0.2) is 38.5 Å². The number of ether oxygens (including phenoxy) is 1. The van der Waals surface area contributed by atoms with E-state index in [9.17, 15) is 18.0 Å². The van der Waals surface area contributed by atoms with Crippen molar-refractivity contribution in [3.05, 3.63) is 76.9 Å². The molecule has 2 aromatic carbocycles. The average molecular weight is 503 g/mol. The highest BCUT2D eigenvalue weighted by Crippen LogP contribution is 2.39. The molecule has 36 heavy (non-hydrogen) atoms. The maximum Gasteiger partial charge on any atom is 0.416 e. The molecule has 1 amide bonds. The molecule has 1 saturated heterocycles. The number of alkyl halides is 3. The number of amides is 1. The van der Waals surface area contributed by atoms with Gasteiger partial charge in [-0.3, -0.25) is 4.79 Å². The Morgan fingerprint density at radius 3 is 2.56 bits per heavy atom. The van der Waals surface area contributed by atoms with Crippen molar-refractivity contribution in [1.82, 2.24) is 14.8 Å². The lowest BCUT2D eigenvalue weighted by molar-refractivity contribution is -0.138. The number of rotatable bonds is 5. The summed E-state index contributed by atoms with van der Waals surface area (Å²) >= 11 is 0. The van der Waals surface area contributed by atoms with E-state index in [-0.39, 0.29) is 23.2 Å². The normalized spacial score (nSPS) is 18.1. The van der Waals surface area contributed by atoms with Gasteiger partial charge in [-0.2, -0.15) is 13.2 Å². The monoisotopic (exact) mass is 502 g/mol. The molecule has 3 heterocycles. The standard InChI is InChI=1S/C16H12F3NO2.C10H17N3O/c17-16(18,19)14-7-10(9-21)6-12-13(14)8-20(15(12)22)11-4-2-1-3-5-11;1-8(6-9-4-3-5-14-9)10-12-11-7-13(10)2/h1-7,21H,8-9H2;7-9H,3-6H2,1-2H3. The Labute approximate surface area is 207 Å². The molecule has 2 aliphatic heterocycles. The van der Waals surface area contributed by atoms with Gasteiger partial charge in [0.1, 0.15) is 12.2 Å². The zero-order valence-electron chi connectivity index (χ0n) is 20.2. The van der Waals surface area contributed by atoms with Crippen molar-refractivity contribution >= 4 is 11.6 Å². The molecule has 10 heteroatoms. The number of hydrogen-bond acceptors (Lipinski definition) is 5. The number of fused-ring (bicyclic) bond motifs is 1. The number of aliphatic hydroxyl groups excluding tert-OH is 1. The second-order valence-electron chi connectivity index (χ2n) is 9.12. The molecule has 7 nitrogen and oxygen atoms in total. The fraction of sp³-hybridized carbons (Fsp3) is 0.423. The van der Waals surface area contributed by atoms with Crippen LogP contribution in [0, 0.1) is 0 Å². The van der Waals surface area contributed by atoms with Crippen LogP contribution in [0.3, 0.4) is 0 Å². The summed E-state index contributed by atoms with van der Waals surface area (Å²) < 4.78 is 47.2. The van der Waals surface area contributed by atoms with Crippen molar-refractivity contribution in [3.63, 3.8) is 0 Å². The van der Waals surface area contributed by atoms with Crippen LogP contribution in [0.2, 0.25) is 0 Å². The third-order valence-electron chi connectivity index (χ3n) is 6.48. The summed E-state index contributed by atoms with van der Waals surface area (Å²) in [6.07, 6.45) is 1.08. The van der Waals surface area contributed by atoms with Crippen LogP contribution < -0.4 is 4.90 Å². The number of carbonyl (C=O) groups is 1. The third kappa shape index (κ3) is 5.60. The SMILES string of the molecule is CC(CC1CCCO1)c1nncn1C.O=C1c2cc(CO)cc(C(F)(F)F)c2CN1c1ccccc1. The van der Waals surface area contributed by atoms with Gasteiger partial charge in [0.2, 0.25) is 0 Å². The highest BCUT2D eigenvalue weighted by molar-refractivity contribution is 6.10. The summed E-state index contributed by atoms with van der Waals surface area (Å²) in [6.45, 7) is 2.44. The highest BCUT2D eigenvalue weighted by Gasteiger charge is 2.40. The van der Waals surface area contributed by atoms with Crippen LogP contribution in [0.15, 0.2) is 48.8 Å². The molecule has 2 atom stereocenters. The largest absolute Gasteiger partial charge is 0.416 e. The first-order valence-corrected chi connectivity index (χ1v) is 11.8. The van der Waals surface area contributed by atoms with Crippen molar-refractivity contribution in [2.24, 2.45) is 7.05 Å². The number of anilines is 1. The van der Waals surface area contributed by atoms with Crippen molar-refractivity contribution < 1.29 is 27.8 Å². The molecule has 0 spiro atoms. The molecule has 0 bridgehead atoms. The Balaban J connectivity index is 0.000000187. The van der Waals surface area contributed by atoms with Gasteiger partial charge in [-0.25, -0.2) is 0 Å². The Morgan fingerprint density at radius 1 is 1.22 bits per heavy atom. The molecular formula is C26H29F3N4O3. The van der Waals surface area contributed by atoms with Gasteiger partial charge in [0.05, 0.1) is 24.8 Å². The fourth-order valence-electron chi connectivity index (χ4n) is 4.70. The number of aliphatic hydroxyl groups is 1. The molecule has 2 unspecified atom stereocenters. The maximum atomic E-state index is 13.2. The zero-order valence-corrected chi connectivity index (χ0v) is 20.2. The van der Waals surface area contributed by atoms with Crippen molar-refractivity contribution in [1.29, 1.82) is 0 Å². The van der Waals surface area contributed by atoms with E-state index in [1.807, 2.05) is 11.6 Å². The number of benzene rings is 2. The Hall–Kier alpha value is -3.24. The molecule has 2 aliphatic rings. The minimum atomic E-state index is -4.57. The Kier molecular flexibility index (Phi) is 7.75. The van der Waals surface area contributed by atoms with Gasteiger partial charge >= 0.3 is 6.18 Å². The summed E-state index contributed by atoms with van der Waals surface area (Å²) in [6, 6.07) is 10.8. The first kappa shape index (κ1) is 25.8. The van der Waals surface area contributed by atoms with Gasteiger partial charge in [0.25, 0.3) is 5.91 Å². The lowest BCUT2D eigenvalue weighted by atomic mass is 9.99. The number of hydrogen-bond donors (Lipinski definition) is 1. The van der Waals surface area contributed by atoms with E-state index in [1.54, 1.807) is 36.7 Å². The van der Waals surface area contributed by atoms with Crippen LogP contribution in [-0.2, 0) is 31.1 Å². The second-order valence-corrected chi connectivity index (χ2v) is 9.12. The van der Waals surface area contributed by atoms with Crippen molar-refractivity contribution in [2.75, 3.05) is 11.5 Å². The summed E-state index contributed by atoms with van der Waals surface area (Å²) in [5.74, 6) is 1.01. The van der Waals surface area contributed by atoms with E-state index in [0.29, 0.717) is 17.7 Å². The maximum absolute atomic E-state index is 13.2. The number of para-hydroxylation sites is 1. The minimum Gasteiger partial charge on any atom is -0.392 e. The van der Waals surface area contributed by atoms with E-state index in [4.69, 9.17) is 9.84 Å². The number of aromatic nitrogens is 3. The molecule has 0 aliphatic carbocycles. The van der Waals surface area contributed by atoms with Crippen molar-refractivity contribution in [2.45, 2.75) is 57.5 Å². The molecule has 3 aromatic rings. The lowest BCUT2D eigenvalue weighted by Crippen LogP contribution is -2.22. The van der Waals surface area contributed by atoms with Gasteiger partial charge in [0, 0.05) is 30.8 Å². The van der Waals surface area contributed by atoms with Crippen LogP contribution in [0.25, 0.3) is 0 Å². The topological polar surface area (TPSA) is 80.5 Å². The molecular weight excluding hydrogens is 473 g/mol. The number of carbonyl (C=O) groups excluding carboxylic acids is 1. The highest BCUT2D eigenvalue weighted by atomic mass is 19.4. The van der Waals surface area contributed by atoms with Crippen LogP contribution in [0.4, 0.5) is 18.9 Å². The van der Waals surface area contributed by atoms with Gasteiger partial charge in [-0.1, -0.05) is 25.1 Å². The second kappa shape index (κ2) is 10.8. The molecule has 0 saturated carbocycles. The summed E-state index contributed by atoms with van der Waals surface area (Å²) in [4.78, 5) is 13.7. The smallest absolute Gasteiger partial charge is 0.392 e. The molecule has 0 radical (unpaired) electrons. The summed E-state index contributed by atoms with van der Waals surface area (Å²) in [5.41, 5.74) is -0.279. The van der Waals surface area contributed by atoms with Crippen LogP contribution in [0.1, 0.15) is 65.0 Å². The van der Waals surface area contributed by atoms with Gasteiger partial charge < -0.3 is 19.3 Å². The fourth-order valence-corrected chi connectivity index (χ4v) is 4.70. The number of halogens is 3. The average Bonchev–Trinajstić information content (AvgIpc) is 3.60. The quantitative estimate of drug-likeness (QED) is 0.540. The zero-order chi connectivity index (χ0) is 25.9. The van der Waals surface area contributed by atoms with Gasteiger partial charge in [-0.15, -0.1) is 10.2 Å². The van der Waals surface area contributed by atoms with Gasteiger partial charge in [-0.05, 0) is 54.7 Å². The molecule has 5 rings (SSSR count). The first-order valence-electron chi connectivity index (χ1n) is 11.8. The molecule has 1 N–H and O–H groups in total. The third-order valence-corrected chi connectivity index (χ3v) is 6.48. The van der Waals surface area contributed by atoms with Gasteiger partial charge in [0.15, 0.2) is 0 Å². The first-order chi connectivity index (χ1) is 17.2. The van der Waals surface area contributed by atoms with E-state index in [1.165, 1.54) is 23.8 Å². The predicted molar refractivity (Wildman–Crippen MR) is 127 cm³/mol. The van der Waals surface area contributed by atoms with Crippen molar-refractivity contribution in [3.8, 4) is 0 Å². The molecule has 1 fully saturated rings. The molecule has 1 aromatic heterocycles. The minimum absolute atomic E-state index is 0.00253. The summed E-state index contributed by atoms with van der Waals surface area (Å²) in [5, 5.41) is 17.1. The van der Waals surface area contributed by atoms with Crippen LogP contribution in [0.5, 0.6) is 0 Å². The van der Waals surface area contributed by atoms with E-state index in [0.717, 1.165) is 24.9 Å². The van der Waals surface area contributed by atoms with Crippen LogP contribution >= 0.6 is 0 Å². The van der Waals surface area contributed by atoms with E-state index < -0.39 is 24.3 Å².